The van der Waals surface area contributed by atoms with Crippen LogP contribution in [-0.2, 0) is 16.1 Å². The van der Waals surface area contributed by atoms with Gasteiger partial charge in [-0.25, -0.2) is 14.6 Å². The lowest BCUT2D eigenvalue weighted by molar-refractivity contribution is -0.133. The molecule has 1 aliphatic heterocycles. The molecule has 2 aromatic rings. The number of rotatable bonds is 5. The Morgan fingerprint density at radius 1 is 1.00 bits per heavy atom. The molecular weight excluding hydrogens is 396 g/mol. The molecule has 162 valence electrons. The van der Waals surface area contributed by atoms with Crippen LogP contribution in [0.5, 0.6) is 0 Å². The van der Waals surface area contributed by atoms with Gasteiger partial charge in [0.25, 0.3) is 0 Å². The first-order valence-electron chi connectivity index (χ1n) is 10.5. The number of nitrogens with zero attached hydrogens (tertiary/aromatic N) is 4. The predicted octanol–water partition coefficient (Wildman–Crippen LogP) is 2.55. The van der Waals surface area contributed by atoms with Crippen LogP contribution in [-0.4, -0.2) is 66.0 Å². The fourth-order valence-corrected chi connectivity index (χ4v) is 3.68. The van der Waals surface area contributed by atoms with Gasteiger partial charge < -0.3 is 14.5 Å². The van der Waals surface area contributed by atoms with Crippen molar-refractivity contribution in [3.05, 3.63) is 59.8 Å². The van der Waals surface area contributed by atoms with Gasteiger partial charge in [-0.3, -0.25) is 9.69 Å². The molecule has 1 saturated heterocycles. The van der Waals surface area contributed by atoms with E-state index >= 15 is 0 Å². The largest absolute Gasteiger partial charge is 0.465 e. The van der Waals surface area contributed by atoms with Crippen LogP contribution in [0.3, 0.4) is 0 Å². The zero-order valence-corrected chi connectivity index (χ0v) is 17.6. The summed E-state index contributed by atoms with van der Waals surface area (Å²) in [5, 5.41) is 0. The highest BCUT2D eigenvalue weighted by Gasteiger charge is 2.36. The van der Waals surface area contributed by atoms with Gasteiger partial charge in [0.1, 0.15) is 5.82 Å². The van der Waals surface area contributed by atoms with Crippen molar-refractivity contribution >= 4 is 23.7 Å². The van der Waals surface area contributed by atoms with E-state index in [4.69, 9.17) is 4.74 Å². The predicted molar refractivity (Wildman–Crippen MR) is 114 cm³/mol. The molecule has 0 spiro atoms. The van der Waals surface area contributed by atoms with Crippen molar-refractivity contribution in [2.75, 3.05) is 38.2 Å². The standard InChI is InChI=1S/C23H26N4O4/c1-31-22(29)19-7-5-17(6-8-19)16-27(20-4-2-3-11-24-20)23(30)26-14-12-25(13-15-26)21(28)18-9-10-18/h2-8,11,18H,9-10,12-16H2,1H3. The third-order valence-corrected chi connectivity index (χ3v) is 5.66. The minimum Gasteiger partial charge on any atom is -0.465 e. The third-order valence-electron chi connectivity index (χ3n) is 5.66. The number of methoxy groups -OCH3 is 1. The molecule has 0 radical (unpaired) electrons. The second-order valence-electron chi connectivity index (χ2n) is 7.83. The zero-order chi connectivity index (χ0) is 21.8. The summed E-state index contributed by atoms with van der Waals surface area (Å²) in [7, 11) is 1.34. The molecule has 8 nitrogen and oxygen atoms in total. The number of ether oxygens (including phenoxy) is 1. The Hall–Kier alpha value is -3.42. The van der Waals surface area contributed by atoms with Gasteiger partial charge in [-0.2, -0.15) is 0 Å². The number of carbonyl (C=O) groups excluding carboxylic acids is 3. The monoisotopic (exact) mass is 422 g/mol. The highest BCUT2D eigenvalue weighted by atomic mass is 16.5. The van der Waals surface area contributed by atoms with Crippen molar-refractivity contribution in [1.82, 2.24) is 14.8 Å². The number of aromatic nitrogens is 1. The molecule has 0 unspecified atom stereocenters. The first-order valence-corrected chi connectivity index (χ1v) is 10.5. The SMILES string of the molecule is COC(=O)c1ccc(CN(C(=O)N2CCN(C(=O)C3CC3)CC2)c2ccccn2)cc1. The highest BCUT2D eigenvalue weighted by molar-refractivity contribution is 5.91. The van der Waals surface area contributed by atoms with E-state index in [2.05, 4.69) is 4.98 Å². The van der Waals surface area contributed by atoms with Crippen LogP contribution in [0, 0.1) is 5.92 Å². The molecule has 31 heavy (non-hydrogen) atoms. The van der Waals surface area contributed by atoms with Crippen LogP contribution >= 0.6 is 0 Å². The summed E-state index contributed by atoms with van der Waals surface area (Å²) >= 11 is 0. The van der Waals surface area contributed by atoms with Crippen molar-refractivity contribution in [3.63, 3.8) is 0 Å². The van der Waals surface area contributed by atoms with E-state index in [1.165, 1.54) is 7.11 Å². The van der Waals surface area contributed by atoms with E-state index in [0.29, 0.717) is 44.1 Å². The fourth-order valence-electron chi connectivity index (χ4n) is 3.68. The van der Waals surface area contributed by atoms with Gasteiger partial charge in [-0.05, 0) is 42.7 Å². The number of benzene rings is 1. The number of piperazine rings is 1. The molecule has 0 atom stereocenters. The molecule has 3 amide bonds. The lowest BCUT2D eigenvalue weighted by Gasteiger charge is -2.37. The number of hydrogen-bond donors (Lipinski definition) is 0. The Balaban J connectivity index is 1.47. The summed E-state index contributed by atoms with van der Waals surface area (Å²) < 4.78 is 4.74. The molecule has 0 bridgehead atoms. The van der Waals surface area contributed by atoms with Gasteiger partial charge in [-0.1, -0.05) is 18.2 Å². The van der Waals surface area contributed by atoms with E-state index in [0.717, 1.165) is 18.4 Å². The van der Waals surface area contributed by atoms with Crippen LogP contribution in [0.25, 0.3) is 0 Å². The van der Waals surface area contributed by atoms with Crippen molar-refractivity contribution in [2.24, 2.45) is 5.92 Å². The Morgan fingerprint density at radius 2 is 1.68 bits per heavy atom. The molecule has 2 fully saturated rings. The molecule has 1 aromatic heterocycles. The van der Waals surface area contributed by atoms with Crippen LogP contribution in [0.2, 0.25) is 0 Å². The lowest BCUT2D eigenvalue weighted by atomic mass is 10.1. The zero-order valence-electron chi connectivity index (χ0n) is 17.6. The molecule has 1 aliphatic carbocycles. The molecule has 8 heteroatoms. The number of hydrogen-bond acceptors (Lipinski definition) is 5. The quantitative estimate of drug-likeness (QED) is 0.692. The van der Waals surface area contributed by atoms with Crippen LogP contribution < -0.4 is 4.90 Å². The molecular formula is C23H26N4O4. The topological polar surface area (TPSA) is 83.0 Å². The number of esters is 1. The van der Waals surface area contributed by atoms with Gasteiger partial charge in [-0.15, -0.1) is 0 Å². The Morgan fingerprint density at radius 3 is 2.26 bits per heavy atom. The summed E-state index contributed by atoms with van der Waals surface area (Å²) in [5.41, 5.74) is 1.33. The smallest absolute Gasteiger partial charge is 0.337 e. The third kappa shape index (κ3) is 4.84. The second-order valence-corrected chi connectivity index (χ2v) is 7.83. The molecule has 4 rings (SSSR count). The van der Waals surface area contributed by atoms with Crippen LogP contribution in [0.1, 0.15) is 28.8 Å². The Kier molecular flexibility index (Phi) is 6.16. The van der Waals surface area contributed by atoms with E-state index in [1.54, 1.807) is 40.3 Å². The minimum absolute atomic E-state index is 0.144. The highest BCUT2D eigenvalue weighted by Crippen LogP contribution is 2.31. The van der Waals surface area contributed by atoms with Crippen LogP contribution in [0.15, 0.2) is 48.7 Å². The first-order chi connectivity index (χ1) is 15.1. The van der Waals surface area contributed by atoms with E-state index < -0.39 is 5.97 Å². The maximum absolute atomic E-state index is 13.4. The number of urea groups is 1. The Labute approximate surface area is 181 Å². The number of amides is 3. The van der Waals surface area contributed by atoms with Gasteiger partial charge in [0, 0.05) is 38.3 Å². The van der Waals surface area contributed by atoms with Crippen molar-refractivity contribution in [1.29, 1.82) is 0 Å². The summed E-state index contributed by atoms with van der Waals surface area (Å²) in [6.45, 7) is 2.44. The summed E-state index contributed by atoms with van der Waals surface area (Å²) in [6, 6.07) is 12.3. The molecule has 1 aromatic carbocycles. The van der Waals surface area contributed by atoms with Gasteiger partial charge in [0.2, 0.25) is 5.91 Å². The molecule has 2 heterocycles. The van der Waals surface area contributed by atoms with Crippen molar-refractivity contribution < 1.29 is 19.1 Å². The maximum Gasteiger partial charge on any atom is 0.337 e. The normalized spacial score (nSPS) is 16.0. The second kappa shape index (κ2) is 9.16. The summed E-state index contributed by atoms with van der Waals surface area (Å²) in [4.78, 5) is 47.0. The molecule has 1 saturated carbocycles. The number of pyridine rings is 1. The van der Waals surface area contributed by atoms with E-state index in [-0.39, 0.29) is 17.9 Å². The average Bonchev–Trinajstić information content (AvgIpc) is 3.68. The molecule has 2 aliphatic rings. The maximum atomic E-state index is 13.4. The first kappa shape index (κ1) is 20.8. The van der Waals surface area contributed by atoms with Gasteiger partial charge >= 0.3 is 12.0 Å². The van der Waals surface area contributed by atoms with Gasteiger partial charge in [0.15, 0.2) is 0 Å². The molecule has 0 N–H and O–H groups in total. The lowest BCUT2D eigenvalue weighted by Crippen LogP contribution is -2.54. The minimum atomic E-state index is -0.400. The summed E-state index contributed by atoms with van der Waals surface area (Å²) in [6.07, 6.45) is 3.63. The van der Waals surface area contributed by atoms with E-state index in [9.17, 15) is 14.4 Å². The van der Waals surface area contributed by atoms with Crippen molar-refractivity contribution in [2.45, 2.75) is 19.4 Å². The Bertz CT molecular complexity index is 936. The summed E-state index contributed by atoms with van der Waals surface area (Å²) in [5.74, 6) is 0.573. The number of anilines is 1. The van der Waals surface area contributed by atoms with Gasteiger partial charge in [0.05, 0.1) is 19.2 Å². The van der Waals surface area contributed by atoms with Crippen LogP contribution in [0.4, 0.5) is 10.6 Å². The van der Waals surface area contributed by atoms with E-state index in [1.807, 2.05) is 23.1 Å². The average molecular weight is 422 g/mol. The van der Waals surface area contributed by atoms with Crippen molar-refractivity contribution in [3.8, 4) is 0 Å². The number of carbonyl (C=O) groups is 3. The fraction of sp³-hybridized carbons (Fsp3) is 0.391.